The summed E-state index contributed by atoms with van der Waals surface area (Å²) in [4.78, 5) is 26.1. The van der Waals surface area contributed by atoms with Crippen molar-refractivity contribution in [2.75, 3.05) is 10.6 Å². The molecule has 0 unspecified atom stereocenters. The number of aromatic nitrogens is 4. The molecule has 12 heteroatoms. The number of carbonyl (C=O) groups is 1. The molecular weight excluding hydrogens is 523 g/mol. The van der Waals surface area contributed by atoms with E-state index in [1.54, 1.807) is 10.8 Å². The van der Waals surface area contributed by atoms with Crippen LogP contribution < -0.4 is 16.0 Å². The molecule has 0 aliphatic heterocycles. The normalized spacial score (nSPS) is 24.8. The molecule has 3 saturated carbocycles. The molecule has 2 heterocycles. The van der Waals surface area contributed by atoms with E-state index in [1.807, 2.05) is 0 Å². The van der Waals surface area contributed by atoms with Crippen molar-refractivity contribution in [2.45, 2.75) is 95.9 Å². The van der Waals surface area contributed by atoms with E-state index < -0.39 is 29.2 Å². The Bertz CT molecular complexity index is 1340. The van der Waals surface area contributed by atoms with Gasteiger partial charge in [-0.25, -0.2) is 23.1 Å². The van der Waals surface area contributed by atoms with Crippen LogP contribution in [0, 0.1) is 23.4 Å². The molecule has 1 aromatic carbocycles. The van der Waals surface area contributed by atoms with E-state index in [9.17, 15) is 23.1 Å². The van der Waals surface area contributed by atoms with E-state index in [1.165, 1.54) is 0 Å². The third kappa shape index (κ3) is 6.01. The number of nitrogens with one attached hydrogen (secondary N) is 3. The van der Waals surface area contributed by atoms with Crippen LogP contribution in [-0.4, -0.2) is 48.7 Å². The minimum Gasteiger partial charge on any atom is -0.393 e. The summed E-state index contributed by atoms with van der Waals surface area (Å²) in [6.45, 7) is 0. The lowest BCUT2D eigenvalue weighted by molar-refractivity contribution is -0.126. The first-order valence-corrected chi connectivity index (χ1v) is 13.8. The van der Waals surface area contributed by atoms with E-state index in [0.717, 1.165) is 38.5 Å². The Hall–Kier alpha value is -3.41. The number of fused-ring (bicyclic) bond motifs is 1. The number of imidazole rings is 1. The highest BCUT2D eigenvalue weighted by Gasteiger charge is 2.31. The predicted molar refractivity (Wildman–Crippen MR) is 146 cm³/mol. The number of halogens is 3. The third-order valence-corrected chi connectivity index (χ3v) is 8.06. The van der Waals surface area contributed by atoms with Crippen LogP contribution in [0.1, 0.15) is 77.7 Å². The number of anilines is 3. The number of benzene rings is 1. The molecule has 0 bridgehead atoms. The van der Waals surface area contributed by atoms with Gasteiger partial charge in [0.25, 0.3) is 0 Å². The molecule has 216 valence electrons. The molecular formula is C28H36F3N7O2. The summed E-state index contributed by atoms with van der Waals surface area (Å²) >= 11 is 0. The lowest BCUT2D eigenvalue weighted by atomic mass is 9.85. The maximum Gasteiger partial charge on any atom is 0.224 e. The third-order valence-electron chi connectivity index (χ3n) is 8.06. The summed E-state index contributed by atoms with van der Waals surface area (Å²) in [5.74, 6) is -2.37. The number of rotatable bonds is 7. The molecule has 1 amide bonds. The number of amides is 1. The Balaban J connectivity index is 0.00000323. The number of hydrogen-bond donors (Lipinski definition) is 4. The van der Waals surface area contributed by atoms with Gasteiger partial charge in [-0.3, -0.25) is 9.36 Å². The van der Waals surface area contributed by atoms with E-state index in [2.05, 4.69) is 25.9 Å². The van der Waals surface area contributed by atoms with Gasteiger partial charge in [0, 0.05) is 36.2 Å². The fraction of sp³-hybridized carbons (Fsp3) is 0.571. The van der Waals surface area contributed by atoms with Crippen molar-refractivity contribution in [3.05, 3.63) is 35.8 Å². The molecule has 40 heavy (non-hydrogen) atoms. The van der Waals surface area contributed by atoms with Crippen molar-refractivity contribution < 1.29 is 23.1 Å². The second-order valence-electron chi connectivity index (χ2n) is 11.0. The van der Waals surface area contributed by atoms with Gasteiger partial charge in [-0.05, 0) is 64.2 Å². The average Bonchev–Trinajstić information content (AvgIpc) is 3.65. The second-order valence-corrected chi connectivity index (χ2v) is 11.0. The van der Waals surface area contributed by atoms with Gasteiger partial charge >= 0.3 is 0 Å². The van der Waals surface area contributed by atoms with Crippen molar-refractivity contribution in [2.24, 2.45) is 5.92 Å². The van der Waals surface area contributed by atoms with Crippen LogP contribution in [0.5, 0.6) is 0 Å². The lowest BCUT2D eigenvalue weighted by Crippen LogP contribution is -2.37. The minimum atomic E-state index is -1.07. The van der Waals surface area contributed by atoms with Gasteiger partial charge in [-0.1, -0.05) is 7.43 Å². The number of hydrogen-bond acceptors (Lipinski definition) is 7. The molecule has 4 N–H and O–H groups in total. The molecule has 6 rings (SSSR count). The zero-order valence-corrected chi connectivity index (χ0v) is 21.5. The zero-order chi connectivity index (χ0) is 27.1. The van der Waals surface area contributed by atoms with Gasteiger partial charge < -0.3 is 21.1 Å². The number of aliphatic hydroxyl groups excluding tert-OH is 1. The van der Waals surface area contributed by atoms with Crippen LogP contribution >= 0.6 is 0 Å². The van der Waals surface area contributed by atoms with Gasteiger partial charge in [0.05, 0.1) is 12.3 Å². The minimum absolute atomic E-state index is 0. The smallest absolute Gasteiger partial charge is 0.224 e. The second kappa shape index (κ2) is 11.6. The standard InChI is InChI=1S/C27H32F3N7O2.CH4/c28-15-11-20(29)23(21(30)12-15)35-27-34-22-13-31-26(36-24(22)37(27)18-7-9-19(38)10-8-18)33-17-3-1-14(2-4-17)25(39)32-16-5-6-16;/h11-14,16-19,38H,1-10H2,(H,32,39)(H,34,35)(H,31,33,36);1H4. The van der Waals surface area contributed by atoms with Crippen LogP contribution in [-0.2, 0) is 4.79 Å². The number of carbonyl (C=O) groups excluding carboxylic acids is 1. The highest BCUT2D eigenvalue weighted by Crippen LogP contribution is 2.36. The van der Waals surface area contributed by atoms with Gasteiger partial charge in [0.1, 0.15) is 17.0 Å². The Labute approximate surface area is 231 Å². The molecule has 3 fully saturated rings. The van der Waals surface area contributed by atoms with Crippen LogP contribution in [0.4, 0.5) is 30.8 Å². The van der Waals surface area contributed by atoms with Crippen LogP contribution in [0.3, 0.4) is 0 Å². The first kappa shape index (κ1) is 28.1. The maximum atomic E-state index is 14.5. The fourth-order valence-corrected chi connectivity index (χ4v) is 5.71. The quantitative estimate of drug-likeness (QED) is 0.308. The molecule has 3 aliphatic rings. The van der Waals surface area contributed by atoms with Crippen molar-refractivity contribution in [1.82, 2.24) is 24.8 Å². The maximum absolute atomic E-state index is 14.5. The number of aliphatic hydroxyl groups is 1. The average molecular weight is 560 g/mol. The molecule has 9 nitrogen and oxygen atoms in total. The first-order chi connectivity index (χ1) is 18.8. The van der Waals surface area contributed by atoms with Crippen molar-refractivity contribution >= 4 is 34.7 Å². The first-order valence-electron chi connectivity index (χ1n) is 13.8. The monoisotopic (exact) mass is 559 g/mol. The van der Waals surface area contributed by atoms with Gasteiger partial charge in [-0.2, -0.15) is 4.98 Å². The summed E-state index contributed by atoms with van der Waals surface area (Å²) < 4.78 is 44.2. The summed E-state index contributed by atoms with van der Waals surface area (Å²) in [6, 6.07) is 1.59. The number of nitrogens with zero attached hydrogens (tertiary/aromatic N) is 4. The summed E-state index contributed by atoms with van der Waals surface area (Å²) in [6.07, 6.45) is 8.98. The molecule has 0 saturated heterocycles. The SMILES string of the molecule is C.O=C(NC1CC1)C1CCC(Nc2ncc3nc(Nc4c(F)cc(F)cc4F)n(C4CCC(O)CC4)c3n2)CC1. The van der Waals surface area contributed by atoms with Crippen LogP contribution in [0.15, 0.2) is 18.3 Å². The van der Waals surface area contributed by atoms with Crippen molar-refractivity contribution in [3.8, 4) is 0 Å². The van der Waals surface area contributed by atoms with Gasteiger partial charge in [0.2, 0.25) is 17.8 Å². The van der Waals surface area contributed by atoms with E-state index in [4.69, 9.17) is 4.98 Å². The fourth-order valence-electron chi connectivity index (χ4n) is 5.71. The van der Waals surface area contributed by atoms with Crippen molar-refractivity contribution in [3.63, 3.8) is 0 Å². The largest absolute Gasteiger partial charge is 0.393 e. The van der Waals surface area contributed by atoms with Crippen molar-refractivity contribution in [1.29, 1.82) is 0 Å². The van der Waals surface area contributed by atoms with Crippen LogP contribution in [0.25, 0.3) is 11.2 Å². The predicted octanol–water partition coefficient (Wildman–Crippen LogP) is 5.35. The molecule has 2 aromatic heterocycles. The van der Waals surface area contributed by atoms with E-state index >= 15 is 0 Å². The summed E-state index contributed by atoms with van der Waals surface area (Å²) in [5.41, 5.74) is 0.437. The molecule has 3 aromatic rings. The Kier molecular flexibility index (Phi) is 8.16. The molecule has 0 atom stereocenters. The van der Waals surface area contributed by atoms with E-state index in [0.29, 0.717) is 61.0 Å². The topological polar surface area (TPSA) is 117 Å². The van der Waals surface area contributed by atoms with E-state index in [-0.39, 0.29) is 37.3 Å². The molecule has 0 radical (unpaired) electrons. The van der Waals surface area contributed by atoms with Gasteiger partial charge in [0.15, 0.2) is 17.3 Å². The zero-order valence-electron chi connectivity index (χ0n) is 21.5. The lowest BCUT2D eigenvalue weighted by Gasteiger charge is -2.29. The van der Waals surface area contributed by atoms with Crippen LogP contribution in [0.2, 0.25) is 0 Å². The Morgan fingerprint density at radius 1 is 0.900 bits per heavy atom. The van der Waals surface area contributed by atoms with Gasteiger partial charge in [-0.15, -0.1) is 0 Å². The Morgan fingerprint density at radius 2 is 1.55 bits per heavy atom. The summed E-state index contributed by atoms with van der Waals surface area (Å²) in [7, 11) is 0. The highest BCUT2D eigenvalue weighted by molar-refractivity contribution is 5.79. The highest BCUT2D eigenvalue weighted by atomic mass is 19.1. The molecule has 0 spiro atoms. The molecule has 3 aliphatic carbocycles. The summed E-state index contributed by atoms with van der Waals surface area (Å²) in [5, 5.41) is 19.2. The Morgan fingerprint density at radius 3 is 2.20 bits per heavy atom.